The van der Waals surface area contributed by atoms with Crippen molar-refractivity contribution in [1.82, 2.24) is 0 Å². The summed E-state index contributed by atoms with van der Waals surface area (Å²) in [6.45, 7) is 3.91. The van der Waals surface area contributed by atoms with Gasteiger partial charge in [0.15, 0.2) is 0 Å². The molecular formula is C32H26F2O2. The molecule has 4 heteroatoms. The average Bonchev–Trinajstić information content (AvgIpc) is 3.10. The van der Waals surface area contributed by atoms with Crippen molar-refractivity contribution in [2.45, 2.75) is 13.8 Å². The van der Waals surface area contributed by atoms with Gasteiger partial charge in [-0.3, -0.25) is 0 Å². The van der Waals surface area contributed by atoms with Crippen LogP contribution in [0, 0.1) is 25.5 Å². The second-order valence-electron chi connectivity index (χ2n) is 8.83. The highest BCUT2D eigenvalue weighted by Gasteiger charge is 2.29. The van der Waals surface area contributed by atoms with Gasteiger partial charge in [0.25, 0.3) is 0 Å². The molecule has 0 atom stereocenters. The minimum absolute atomic E-state index is 0.365. The maximum absolute atomic E-state index is 15.8. The summed E-state index contributed by atoms with van der Waals surface area (Å²) in [6, 6.07) is 25.1. The van der Waals surface area contributed by atoms with Gasteiger partial charge in [0.2, 0.25) is 0 Å². The lowest BCUT2D eigenvalue weighted by atomic mass is 9.91. The van der Waals surface area contributed by atoms with E-state index in [0.717, 1.165) is 39.3 Å². The molecule has 3 aromatic rings. The number of rotatable bonds is 5. The summed E-state index contributed by atoms with van der Waals surface area (Å²) in [4.78, 5) is 0. The Balaban J connectivity index is 1.98. The minimum Gasteiger partial charge on any atom is -0.496 e. The number of ether oxygens (including phenoxy) is 2. The second kappa shape index (κ2) is 9.46. The van der Waals surface area contributed by atoms with Gasteiger partial charge in [0.1, 0.15) is 23.1 Å². The second-order valence-corrected chi connectivity index (χ2v) is 8.83. The van der Waals surface area contributed by atoms with E-state index in [2.05, 4.69) is 0 Å². The molecule has 0 radical (unpaired) electrons. The van der Waals surface area contributed by atoms with E-state index in [1.54, 1.807) is 38.5 Å². The summed E-state index contributed by atoms with van der Waals surface area (Å²) in [5.41, 5.74) is 7.16. The average molecular weight is 481 g/mol. The lowest BCUT2D eigenvalue weighted by molar-refractivity contribution is 0.411. The summed E-state index contributed by atoms with van der Waals surface area (Å²) in [5, 5.41) is 0. The molecule has 0 heterocycles. The molecule has 180 valence electrons. The molecule has 0 fully saturated rings. The highest BCUT2D eigenvalue weighted by Crippen LogP contribution is 2.54. The first-order valence-corrected chi connectivity index (χ1v) is 11.7. The Kier molecular flexibility index (Phi) is 6.19. The Labute approximate surface area is 210 Å². The zero-order valence-corrected chi connectivity index (χ0v) is 20.7. The smallest absolute Gasteiger partial charge is 0.131 e. The molecule has 0 N–H and O–H groups in total. The predicted molar refractivity (Wildman–Crippen MR) is 142 cm³/mol. The molecule has 0 amide bonds. The summed E-state index contributed by atoms with van der Waals surface area (Å²) < 4.78 is 42.2. The van der Waals surface area contributed by atoms with Crippen LogP contribution in [0.4, 0.5) is 8.78 Å². The fourth-order valence-corrected chi connectivity index (χ4v) is 5.02. The Hall–Kier alpha value is -4.18. The van der Waals surface area contributed by atoms with Gasteiger partial charge in [-0.25, -0.2) is 8.78 Å². The van der Waals surface area contributed by atoms with E-state index in [4.69, 9.17) is 9.47 Å². The van der Waals surface area contributed by atoms with E-state index >= 15 is 8.78 Å². The van der Waals surface area contributed by atoms with Crippen LogP contribution >= 0.6 is 0 Å². The molecule has 0 spiro atoms. The van der Waals surface area contributed by atoms with Crippen molar-refractivity contribution in [1.29, 1.82) is 0 Å². The van der Waals surface area contributed by atoms with Crippen LogP contribution in [-0.2, 0) is 0 Å². The van der Waals surface area contributed by atoms with Gasteiger partial charge in [-0.15, -0.1) is 0 Å². The van der Waals surface area contributed by atoms with Crippen LogP contribution in [-0.4, -0.2) is 14.2 Å². The lowest BCUT2D eigenvalue weighted by Crippen LogP contribution is -1.91. The van der Waals surface area contributed by atoms with E-state index in [1.165, 1.54) is 12.1 Å². The zero-order valence-electron chi connectivity index (χ0n) is 20.7. The third-order valence-electron chi connectivity index (χ3n) is 6.65. The molecule has 2 nitrogen and oxygen atoms in total. The number of halogens is 2. The predicted octanol–water partition coefficient (Wildman–Crippen LogP) is 8.70. The van der Waals surface area contributed by atoms with Crippen LogP contribution in [0.5, 0.6) is 11.5 Å². The van der Waals surface area contributed by atoms with Crippen LogP contribution in [0.3, 0.4) is 0 Å². The molecule has 0 aliphatic heterocycles. The highest BCUT2D eigenvalue weighted by molar-refractivity contribution is 6.11. The van der Waals surface area contributed by atoms with E-state index in [0.29, 0.717) is 27.8 Å². The van der Waals surface area contributed by atoms with Crippen molar-refractivity contribution < 1.29 is 18.3 Å². The van der Waals surface area contributed by atoms with Crippen molar-refractivity contribution in [2.75, 3.05) is 14.2 Å². The molecular weight excluding hydrogens is 454 g/mol. The normalized spacial score (nSPS) is 11.1. The van der Waals surface area contributed by atoms with Crippen LogP contribution in [0.2, 0.25) is 0 Å². The molecule has 0 unspecified atom stereocenters. The van der Waals surface area contributed by atoms with Crippen LogP contribution in [0.15, 0.2) is 84.9 Å². The fourth-order valence-electron chi connectivity index (χ4n) is 5.02. The summed E-state index contributed by atoms with van der Waals surface area (Å²) in [5.74, 6) is 0.756. The number of benzene rings is 3. The number of hydrogen-bond donors (Lipinski definition) is 0. The summed E-state index contributed by atoms with van der Waals surface area (Å²) >= 11 is 0. The standard InChI is InChI=1S/C32H26F2O2/c1-19-17-21(13-15-27(19)35-3)29-24-10-6-8-12-26(34)31(24)30(22-14-16-28(36-4)20(2)18-22)32(29)23-9-5-7-11-25(23)33/h5-18H,1-4H3. The molecule has 5 rings (SSSR count). The first-order valence-electron chi connectivity index (χ1n) is 11.7. The zero-order chi connectivity index (χ0) is 25.4. The third kappa shape index (κ3) is 3.89. The Morgan fingerprint density at radius 1 is 0.500 bits per heavy atom. The molecule has 3 aromatic carbocycles. The minimum atomic E-state index is -0.368. The van der Waals surface area contributed by atoms with E-state index in [-0.39, 0.29) is 11.6 Å². The third-order valence-corrected chi connectivity index (χ3v) is 6.65. The molecule has 2 aliphatic rings. The van der Waals surface area contributed by atoms with Crippen molar-refractivity contribution in [2.24, 2.45) is 0 Å². The maximum Gasteiger partial charge on any atom is 0.131 e. The maximum atomic E-state index is 15.8. The SMILES string of the molecule is COc1ccc(-c2c3ccccc(F)c-3c(-c3ccc(OC)c(C)c3)c2-c2ccccc2F)cc1C. The van der Waals surface area contributed by atoms with Gasteiger partial charge in [-0.05, 0) is 83.6 Å². The Bertz CT molecular complexity index is 1550. The highest BCUT2D eigenvalue weighted by atomic mass is 19.1. The largest absolute Gasteiger partial charge is 0.496 e. The van der Waals surface area contributed by atoms with Gasteiger partial charge in [-0.1, -0.05) is 48.5 Å². The van der Waals surface area contributed by atoms with Crippen molar-refractivity contribution in [3.8, 4) is 56.0 Å². The molecule has 36 heavy (non-hydrogen) atoms. The van der Waals surface area contributed by atoms with Crippen molar-refractivity contribution in [3.05, 3.63) is 108 Å². The molecule has 0 aromatic heterocycles. The van der Waals surface area contributed by atoms with Gasteiger partial charge in [0, 0.05) is 22.3 Å². The monoisotopic (exact) mass is 480 g/mol. The molecule has 0 bridgehead atoms. The summed E-state index contributed by atoms with van der Waals surface area (Å²) in [6.07, 6.45) is 0. The van der Waals surface area contributed by atoms with Gasteiger partial charge in [-0.2, -0.15) is 0 Å². The fraction of sp³-hybridized carbons (Fsp3) is 0.125. The topological polar surface area (TPSA) is 18.5 Å². The first-order chi connectivity index (χ1) is 17.4. The van der Waals surface area contributed by atoms with Crippen LogP contribution in [0.1, 0.15) is 11.1 Å². The lowest BCUT2D eigenvalue weighted by Gasteiger charge is -2.14. The number of fused-ring (bicyclic) bond motifs is 1. The van der Waals surface area contributed by atoms with E-state index < -0.39 is 0 Å². The number of methoxy groups -OCH3 is 2. The Morgan fingerprint density at radius 3 is 1.53 bits per heavy atom. The molecule has 0 saturated heterocycles. The van der Waals surface area contributed by atoms with E-state index in [9.17, 15) is 0 Å². The van der Waals surface area contributed by atoms with Crippen molar-refractivity contribution in [3.63, 3.8) is 0 Å². The number of aryl methyl sites for hydroxylation is 2. The first kappa shape index (κ1) is 23.6. The van der Waals surface area contributed by atoms with Crippen LogP contribution < -0.4 is 9.47 Å². The summed E-state index contributed by atoms with van der Waals surface area (Å²) in [7, 11) is 3.25. The van der Waals surface area contributed by atoms with Crippen molar-refractivity contribution >= 4 is 0 Å². The van der Waals surface area contributed by atoms with Gasteiger partial charge >= 0.3 is 0 Å². The quantitative estimate of drug-likeness (QED) is 0.250. The molecule has 0 saturated carbocycles. The Morgan fingerprint density at radius 2 is 1.00 bits per heavy atom. The van der Waals surface area contributed by atoms with Gasteiger partial charge < -0.3 is 9.47 Å². The van der Waals surface area contributed by atoms with Crippen LogP contribution in [0.25, 0.3) is 44.5 Å². The van der Waals surface area contributed by atoms with E-state index in [1.807, 2.05) is 62.4 Å². The number of hydrogen-bond acceptors (Lipinski definition) is 2. The van der Waals surface area contributed by atoms with Gasteiger partial charge in [0.05, 0.1) is 14.2 Å². The molecule has 2 aliphatic carbocycles.